The zero-order valence-electron chi connectivity index (χ0n) is 23.3. The van der Waals surface area contributed by atoms with E-state index in [4.69, 9.17) is 9.47 Å². The van der Waals surface area contributed by atoms with E-state index in [1.165, 1.54) is 4.90 Å². The van der Waals surface area contributed by atoms with Crippen LogP contribution < -0.4 is 9.64 Å². The van der Waals surface area contributed by atoms with Crippen LogP contribution in [0.3, 0.4) is 0 Å². The summed E-state index contributed by atoms with van der Waals surface area (Å²) in [5.74, 6) is -1.87. The summed E-state index contributed by atoms with van der Waals surface area (Å²) in [5.41, 5.74) is -0.612. The highest BCUT2D eigenvalue weighted by atomic mass is 16.5. The van der Waals surface area contributed by atoms with E-state index in [0.717, 1.165) is 0 Å². The van der Waals surface area contributed by atoms with E-state index in [-0.39, 0.29) is 36.3 Å². The fraction of sp³-hybridized carbons (Fsp3) is 0.567. The number of carbonyl (C=O) groups excluding carboxylic acids is 3. The summed E-state index contributed by atoms with van der Waals surface area (Å²) in [5, 5.41) is 10.4. The molecule has 0 aromatic heterocycles. The van der Waals surface area contributed by atoms with Gasteiger partial charge in [0.25, 0.3) is 0 Å². The maximum Gasteiger partial charge on any atom is 0.249 e. The molecule has 1 unspecified atom stereocenters. The van der Waals surface area contributed by atoms with Crippen LogP contribution in [0.15, 0.2) is 48.6 Å². The first-order chi connectivity index (χ1) is 18.7. The molecule has 1 aromatic rings. The van der Waals surface area contributed by atoms with Crippen LogP contribution in [0.5, 0.6) is 5.75 Å². The molecule has 2 saturated heterocycles. The number of ether oxygens (including phenoxy) is 2. The largest absolute Gasteiger partial charge is 0.494 e. The van der Waals surface area contributed by atoms with E-state index < -0.39 is 35.6 Å². The number of hydrogen-bond acceptors (Lipinski definition) is 6. The Morgan fingerprint density at radius 2 is 1.74 bits per heavy atom. The summed E-state index contributed by atoms with van der Waals surface area (Å²) in [6.07, 6.45) is 6.81. The number of likely N-dealkylation sites (tertiary alicyclic amines) is 1. The second-order valence-corrected chi connectivity index (χ2v) is 11.4. The number of aliphatic hydroxyl groups is 1. The normalized spacial score (nSPS) is 31.0. The van der Waals surface area contributed by atoms with E-state index in [1.807, 2.05) is 83.2 Å². The lowest BCUT2D eigenvalue weighted by molar-refractivity contribution is -0.152. The molecule has 1 spiro atoms. The highest BCUT2D eigenvalue weighted by Gasteiger charge is 2.72. The molecule has 4 aliphatic heterocycles. The molecule has 0 saturated carbocycles. The van der Waals surface area contributed by atoms with Gasteiger partial charge in [0.1, 0.15) is 17.4 Å². The van der Waals surface area contributed by atoms with Gasteiger partial charge in [0.15, 0.2) is 0 Å². The summed E-state index contributed by atoms with van der Waals surface area (Å²) >= 11 is 0. The lowest BCUT2D eigenvalue weighted by Crippen LogP contribution is -2.59. The van der Waals surface area contributed by atoms with Crippen LogP contribution in [0.1, 0.15) is 34.6 Å². The van der Waals surface area contributed by atoms with Gasteiger partial charge < -0.3 is 29.3 Å². The van der Waals surface area contributed by atoms with Gasteiger partial charge >= 0.3 is 0 Å². The Labute approximate surface area is 230 Å². The van der Waals surface area contributed by atoms with Crippen LogP contribution >= 0.6 is 0 Å². The molecule has 6 atom stereocenters. The number of fused-ring (bicyclic) bond motifs is 2. The SMILES string of the molecule is CCOc1ccc(N2CC=C[C@@H]3O[C@]45C=CCN(C(C)C)C(=O)C4N([C@@H](CO)C(C)C)C(=O)[C@@H]5[C@@H]3C2=O)cc1. The molecule has 1 aromatic carbocycles. The van der Waals surface area contributed by atoms with E-state index in [1.54, 1.807) is 9.80 Å². The maximum atomic E-state index is 14.4. The van der Waals surface area contributed by atoms with Gasteiger partial charge in [0.2, 0.25) is 17.7 Å². The van der Waals surface area contributed by atoms with Crippen LogP contribution in [0.25, 0.3) is 0 Å². The van der Waals surface area contributed by atoms with Crippen molar-refractivity contribution < 1.29 is 29.0 Å². The Balaban J connectivity index is 1.59. The van der Waals surface area contributed by atoms with Gasteiger partial charge in [-0.2, -0.15) is 0 Å². The number of benzene rings is 1. The number of carbonyl (C=O) groups is 3. The third kappa shape index (κ3) is 4.26. The number of aliphatic hydroxyl groups excluding tert-OH is 1. The lowest BCUT2D eigenvalue weighted by atomic mass is 9.77. The third-order valence-corrected chi connectivity index (χ3v) is 8.52. The molecule has 39 heavy (non-hydrogen) atoms. The van der Waals surface area contributed by atoms with Crippen LogP contribution in [0, 0.1) is 17.8 Å². The van der Waals surface area contributed by atoms with Gasteiger partial charge in [-0.05, 0) is 51.0 Å². The van der Waals surface area contributed by atoms with Gasteiger partial charge in [-0.3, -0.25) is 14.4 Å². The van der Waals surface area contributed by atoms with Gasteiger partial charge in [-0.25, -0.2) is 0 Å². The highest BCUT2D eigenvalue weighted by Crippen LogP contribution is 2.54. The molecule has 5 rings (SSSR count). The summed E-state index contributed by atoms with van der Waals surface area (Å²) in [7, 11) is 0. The topological polar surface area (TPSA) is 99.6 Å². The second-order valence-electron chi connectivity index (χ2n) is 11.4. The predicted molar refractivity (Wildman–Crippen MR) is 146 cm³/mol. The van der Waals surface area contributed by atoms with Crippen LogP contribution in [0.4, 0.5) is 5.69 Å². The van der Waals surface area contributed by atoms with Crippen molar-refractivity contribution >= 4 is 23.4 Å². The quantitative estimate of drug-likeness (QED) is 0.537. The fourth-order valence-corrected chi connectivity index (χ4v) is 6.66. The van der Waals surface area contributed by atoms with Crippen molar-refractivity contribution in [3.8, 4) is 5.75 Å². The molecule has 3 amide bonds. The zero-order valence-corrected chi connectivity index (χ0v) is 23.3. The first-order valence-corrected chi connectivity index (χ1v) is 14.0. The molecule has 0 bridgehead atoms. The standard InChI is InChI=1S/C30H39N3O6/c1-6-38-21-12-10-20(11-13-21)32-15-7-9-23-24(27(32)35)25-28(36)33(22(17-34)18(2)3)26-29(37)31(19(4)5)16-8-14-30(25,26)39-23/h7-14,18-19,22-26,34H,6,15-17H2,1-5H3/t22-,23-,24+,25-,26?,30-/m0/s1. The van der Waals surface area contributed by atoms with E-state index in [0.29, 0.717) is 31.1 Å². The van der Waals surface area contributed by atoms with Gasteiger partial charge in [0, 0.05) is 24.8 Å². The summed E-state index contributed by atoms with van der Waals surface area (Å²) < 4.78 is 12.2. The lowest BCUT2D eigenvalue weighted by Gasteiger charge is -2.40. The molecule has 9 heteroatoms. The number of amides is 3. The van der Waals surface area contributed by atoms with E-state index in [2.05, 4.69) is 0 Å². The van der Waals surface area contributed by atoms with Crippen molar-refractivity contribution in [1.82, 2.24) is 9.80 Å². The van der Waals surface area contributed by atoms with Crippen LogP contribution in [-0.2, 0) is 19.1 Å². The Hall–Kier alpha value is -3.17. The molecule has 4 heterocycles. The Morgan fingerprint density at radius 3 is 2.36 bits per heavy atom. The minimum Gasteiger partial charge on any atom is -0.494 e. The van der Waals surface area contributed by atoms with Crippen molar-refractivity contribution in [1.29, 1.82) is 0 Å². The number of anilines is 1. The molecule has 210 valence electrons. The zero-order chi connectivity index (χ0) is 28.1. The smallest absolute Gasteiger partial charge is 0.249 e. The van der Waals surface area contributed by atoms with E-state index in [9.17, 15) is 19.5 Å². The summed E-state index contributed by atoms with van der Waals surface area (Å²) in [6.45, 7) is 10.6. The molecular formula is C30H39N3O6. The Bertz CT molecular complexity index is 1180. The predicted octanol–water partition coefficient (Wildman–Crippen LogP) is 2.39. The Morgan fingerprint density at radius 1 is 1.03 bits per heavy atom. The number of hydrogen-bond donors (Lipinski definition) is 1. The maximum absolute atomic E-state index is 14.4. The number of nitrogens with zero attached hydrogens (tertiary/aromatic N) is 3. The van der Waals surface area contributed by atoms with Crippen molar-refractivity contribution in [3.05, 3.63) is 48.6 Å². The van der Waals surface area contributed by atoms with E-state index >= 15 is 0 Å². The molecule has 1 N–H and O–H groups in total. The first kappa shape index (κ1) is 27.4. The van der Waals surface area contributed by atoms with Crippen LogP contribution in [-0.4, -0.2) is 88.8 Å². The van der Waals surface area contributed by atoms with Crippen molar-refractivity contribution in [2.75, 3.05) is 31.2 Å². The molecular weight excluding hydrogens is 498 g/mol. The van der Waals surface area contributed by atoms with Crippen molar-refractivity contribution in [2.24, 2.45) is 17.8 Å². The monoisotopic (exact) mass is 537 g/mol. The van der Waals surface area contributed by atoms with Crippen molar-refractivity contribution in [2.45, 2.75) is 64.4 Å². The minimum absolute atomic E-state index is 0.0940. The van der Waals surface area contributed by atoms with Gasteiger partial charge in [-0.15, -0.1) is 0 Å². The molecule has 0 aliphatic carbocycles. The highest BCUT2D eigenvalue weighted by molar-refractivity contribution is 6.04. The average molecular weight is 538 g/mol. The number of rotatable bonds is 7. The molecule has 9 nitrogen and oxygen atoms in total. The third-order valence-electron chi connectivity index (χ3n) is 8.52. The molecule has 0 radical (unpaired) electrons. The average Bonchev–Trinajstić information content (AvgIpc) is 3.20. The summed E-state index contributed by atoms with van der Waals surface area (Å²) in [4.78, 5) is 47.7. The second kappa shape index (κ2) is 10.4. The van der Waals surface area contributed by atoms with Gasteiger partial charge in [-0.1, -0.05) is 38.2 Å². The molecule has 4 aliphatic rings. The fourth-order valence-electron chi connectivity index (χ4n) is 6.66. The first-order valence-electron chi connectivity index (χ1n) is 14.0. The van der Waals surface area contributed by atoms with Crippen molar-refractivity contribution in [3.63, 3.8) is 0 Å². The Kier molecular flexibility index (Phi) is 7.33. The minimum atomic E-state index is -1.31. The van der Waals surface area contributed by atoms with Crippen LogP contribution in [0.2, 0.25) is 0 Å². The molecule has 2 fully saturated rings. The van der Waals surface area contributed by atoms with Gasteiger partial charge in [0.05, 0.1) is 37.2 Å². The summed E-state index contributed by atoms with van der Waals surface area (Å²) in [6, 6.07) is 5.67.